The Hall–Kier alpha value is -1.07. The molecule has 112 valence electrons. The zero-order valence-corrected chi connectivity index (χ0v) is 12.9. The maximum Gasteiger partial charge on any atom is 0.155 e. The normalized spacial score (nSPS) is 23.2. The number of sulfone groups is 1. The van der Waals surface area contributed by atoms with E-state index in [9.17, 15) is 8.42 Å². The number of nitrogens with one attached hydrogen (secondary N) is 1. The highest BCUT2D eigenvalue weighted by atomic mass is 32.2. The first-order valence-electron chi connectivity index (χ1n) is 7.18. The molecule has 1 aromatic rings. The van der Waals surface area contributed by atoms with Gasteiger partial charge < -0.3 is 10.1 Å². The number of rotatable bonds is 5. The molecule has 0 saturated carbocycles. The standard InChI is InChI=1S/C15H23NO3S/c1-3-16-15(12-8-4-5-9-13(12)19-2)14-10-6-7-11-20(14,17)18/h4-5,8-9,14-16H,3,6-7,10-11H2,1-2H3. The minimum Gasteiger partial charge on any atom is -0.496 e. The van der Waals surface area contributed by atoms with E-state index < -0.39 is 9.84 Å². The zero-order valence-electron chi connectivity index (χ0n) is 12.1. The summed E-state index contributed by atoms with van der Waals surface area (Å²) in [4.78, 5) is 0. The Morgan fingerprint density at radius 3 is 2.75 bits per heavy atom. The monoisotopic (exact) mass is 297 g/mol. The molecule has 1 aromatic carbocycles. The molecule has 1 aliphatic heterocycles. The Labute approximate surface area is 121 Å². The maximum absolute atomic E-state index is 12.4. The molecular formula is C15H23NO3S. The summed E-state index contributed by atoms with van der Waals surface area (Å²) in [6.45, 7) is 2.73. The fourth-order valence-corrected chi connectivity index (χ4v) is 5.03. The molecule has 1 heterocycles. The van der Waals surface area contributed by atoms with E-state index >= 15 is 0 Å². The van der Waals surface area contributed by atoms with Crippen LogP contribution in [0.4, 0.5) is 0 Å². The Kier molecular flexibility index (Phi) is 5.05. The van der Waals surface area contributed by atoms with Gasteiger partial charge >= 0.3 is 0 Å². The number of ether oxygens (including phenoxy) is 1. The van der Waals surface area contributed by atoms with Crippen molar-refractivity contribution in [1.82, 2.24) is 5.32 Å². The molecule has 2 unspecified atom stereocenters. The molecule has 2 rings (SSSR count). The van der Waals surface area contributed by atoms with E-state index in [-0.39, 0.29) is 11.3 Å². The second-order valence-corrected chi connectivity index (χ2v) is 7.52. The van der Waals surface area contributed by atoms with E-state index in [1.54, 1.807) is 7.11 Å². The van der Waals surface area contributed by atoms with E-state index in [1.165, 1.54) is 0 Å². The lowest BCUT2D eigenvalue weighted by molar-refractivity contribution is 0.390. The topological polar surface area (TPSA) is 55.4 Å². The molecule has 20 heavy (non-hydrogen) atoms. The molecule has 0 bridgehead atoms. The lowest BCUT2D eigenvalue weighted by atomic mass is 9.98. The van der Waals surface area contributed by atoms with Crippen LogP contribution >= 0.6 is 0 Å². The van der Waals surface area contributed by atoms with Crippen molar-refractivity contribution in [2.75, 3.05) is 19.4 Å². The summed E-state index contributed by atoms with van der Waals surface area (Å²) >= 11 is 0. The molecule has 0 radical (unpaired) electrons. The summed E-state index contributed by atoms with van der Waals surface area (Å²) in [6, 6.07) is 7.48. The van der Waals surface area contributed by atoms with E-state index in [2.05, 4.69) is 5.32 Å². The first-order chi connectivity index (χ1) is 9.60. The summed E-state index contributed by atoms with van der Waals surface area (Å²) in [5, 5.41) is 2.99. The fraction of sp³-hybridized carbons (Fsp3) is 0.600. The number of hydrogen-bond acceptors (Lipinski definition) is 4. The molecule has 0 spiro atoms. The molecule has 0 aromatic heterocycles. The van der Waals surface area contributed by atoms with Gasteiger partial charge in [-0.1, -0.05) is 31.5 Å². The number of methoxy groups -OCH3 is 1. The molecular weight excluding hydrogens is 274 g/mol. The van der Waals surface area contributed by atoms with E-state index in [0.717, 1.165) is 37.1 Å². The van der Waals surface area contributed by atoms with E-state index in [0.29, 0.717) is 5.75 Å². The third kappa shape index (κ3) is 3.15. The molecule has 0 aliphatic carbocycles. The second-order valence-electron chi connectivity index (χ2n) is 5.18. The lowest BCUT2D eigenvalue weighted by Gasteiger charge is -2.31. The van der Waals surface area contributed by atoms with E-state index in [4.69, 9.17) is 4.74 Å². The van der Waals surface area contributed by atoms with Crippen LogP contribution in [0.3, 0.4) is 0 Å². The first-order valence-corrected chi connectivity index (χ1v) is 8.89. The predicted octanol–water partition coefficient (Wildman–Crippen LogP) is 2.31. The summed E-state index contributed by atoms with van der Waals surface area (Å²) in [5.41, 5.74) is 0.937. The van der Waals surface area contributed by atoms with Crippen LogP contribution in [0.1, 0.15) is 37.8 Å². The van der Waals surface area contributed by atoms with Crippen LogP contribution in [0.25, 0.3) is 0 Å². The number of para-hydroxylation sites is 1. The Morgan fingerprint density at radius 1 is 1.35 bits per heavy atom. The minimum atomic E-state index is -3.04. The molecule has 1 saturated heterocycles. The highest BCUT2D eigenvalue weighted by Gasteiger charge is 2.37. The van der Waals surface area contributed by atoms with Gasteiger partial charge in [-0.3, -0.25) is 0 Å². The third-order valence-electron chi connectivity index (χ3n) is 3.90. The Bertz CT molecular complexity index is 542. The van der Waals surface area contributed by atoms with Crippen molar-refractivity contribution in [3.8, 4) is 5.75 Å². The summed E-state index contributed by atoms with van der Waals surface area (Å²) in [5.74, 6) is 1.05. The van der Waals surface area contributed by atoms with Crippen LogP contribution in [0.5, 0.6) is 5.75 Å². The first kappa shape index (κ1) is 15.3. The van der Waals surface area contributed by atoms with Crippen molar-refractivity contribution in [2.24, 2.45) is 0 Å². The molecule has 0 amide bonds. The predicted molar refractivity (Wildman–Crippen MR) is 80.8 cm³/mol. The van der Waals surface area contributed by atoms with Gasteiger partial charge in [-0.05, 0) is 25.5 Å². The van der Waals surface area contributed by atoms with Crippen LogP contribution in [0.15, 0.2) is 24.3 Å². The molecule has 2 atom stereocenters. The third-order valence-corrected chi connectivity index (χ3v) is 6.19. The lowest BCUT2D eigenvalue weighted by Crippen LogP contribution is -2.40. The molecule has 1 N–H and O–H groups in total. The van der Waals surface area contributed by atoms with Gasteiger partial charge in [0.25, 0.3) is 0 Å². The van der Waals surface area contributed by atoms with Gasteiger partial charge in [0.1, 0.15) is 5.75 Å². The highest BCUT2D eigenvalue weighted by molar-refractivity contribution is 7.92. The highest BCUT2D eigenvalue weighted by Crippen LogP contribution is 2.34. The summed E-state index contributed by atoms with van der Waals surface area (Å²) < 4.78 is 30.2. The van der Waals surface area contributed by atoms with Crippen molar-refractivity contribution >= 4 is 9.84 Å². The Balaban J connectivity index is 2.40. The van der Waals surface area contributed by atoms with E-state index in [1.807, 2.05) is 31.2 Å². The van der Waals surface area contributed by atoms with Gasteiger partial charge in [0.05, 0.1) is 24.2 Å². The average Bonchev–Trinajstić information content (AvgIpc) is 2.45. The van der Waals surface area contributed by atoms with Crippen molar-refractivity contribution in [3.05, 3.63) is 29.8 Å². The number of hydrogen-bond donors (Lipinski definition) is 1. The van der Waals surface area contributed by atoms with Gasteiger partial charge in [-0.15, -0.1) is 0 Å². The quantitative estimate of drug-likeness (QED) is 0.906. The van der Waals surface area contributed by atoms with Gasteiger partial charge in [-0.2, -0.15) is 0 Å². The van der Waals surface area contributed by atoms with Crippen LogP contribution in [0, 0.1) is 0 Å². The van der Waals surface area contributed by atoms with Crippen molar-refractivity contribution in [1.29, 1.82) is 0 Å². The van der Waals surface area contributed by atoms with Crippen molar-refractivity contribution in [2.45, 2.75) is 37.5 Å². The van der Waals surface area contributed by atoms with Gasteiger partial charge in [-0.25, -0.2) is 8.42 Å². The average molecular weight is 297 g/mol. The number of benzene rings is 1. The van der Waals surface area contributed by atoms with Gasteiger partial charge in [0, 0.05) is 5.56 Å². The summed E-state index contributed by atoms with van der Waals surface area (Å²) in [6.07, 6.45) is 2.47. The fourth-order valence-electron chi connectivity index (χ4n) is 2.94. The molecule has 1 aliphatic rings. The minimum absolute atomic E-state index is 0.193. The van der Waals surface area contributed by atoms with Crippen molar-refractivity contribution in [3.63, 3.8) is 0 Å². The molecule has 5 heteroatoms. The smallest absolute Gasteiger partial charge is 0.155 e. The SMILES string of the molecule is CCNC(c1ccccc1OC)C1CCCCS1(=O)=O. The van der Waals surface area contributed by atoms with Crippen molar-refractivity contribution < 1.29 is 13.2 Å². The van der Waals surface area contributed by atoms with Gasteiger partial charge in [0.15, 0.2) is 9.84 Å². The molecule has 4 nitrogen and oxygen atoms in total. The zero-order chi connectivity index (χ0) is 14.6. The van der Waals surface area contributed by atoms with Crippen LogP contribution in [0.2, 0.25) is 0 Å². The van der Waals surface area contributed by atoms with Crippen LogP contribution in [-0.2, 0) is 9.84 Å². The van der Waals surface area contributed by atoms with Gasteiger partial charge in [0.2, 0.25) is 0 Å². The second kappa shape index (κ2) is 6.59. The Morgan fingerprint density at radius 2 is 2.10 bits per heavy atom. The molecule has 1 fully saturated rings. The maximum atomic E-state index is 12.4. The van der Waals surface area contributed by atoms with Crippen LogP contribution < -0.4 is 10.1 Å². The largest absolute Gasteiger partial charge is 0.496 e. The summed E-state index contributed by atoms with van der Waals surface area (Å²) in [7, 11) is -1.41. The van der Waals surface area contributed by atoms with Crippen LogP contribution in [-0.4, -0.2) is 33.1 Å².